The average molecular weight is 249 g/mol. The SMILES string of the molecule is COc1cnccc1C(N)c1cccc(Cl)c1. The zero-order valence-electron chi connectivity index (χ0n) is 9.43. The Labute approximate surface area is 105 Å². The van der Waals surface area contributed by atoms with Crippen LogP contribution < -0.4 is 10.5 Å². The third-order valence-corrected chi connectivity index (χ3v) is 2.81. The third-order valence-electron chi connectivity index (χ3n) is 2.58. The summed E-state index contributed by atoms with van der Waals surface area (Å²) >= 11 is 5.95. The van der Waals surface area contributed by atoms with Gasteiger partial charge >= 0.3 is 0 Å². The Balaban J connectivity index is 2.40. The van der Waals surface area contributed by atoms with Gasteiger partial charge in [0.1, 0.15) is 5.75 Å². The Kier molecular flexibility index (Phi) is 3.61. The molecule has 2 rings (SSSR count). The van der Waals surface area contributed by atoms with E-state index in [0.717, 1.165) is 11.1 Å². The number of hydrogen-bond acceptors (Lipinski definition) is 3. The minimum Gasteiger partial charge on any atom is -0.495 e. The molecule has 2 aromatic rings. The van der Waals surface area contributed by atoms with Crippen LogP contribution >= 0.6 is 11.6 Å². The van der Waals surface area contributed by atoms with Crippen molar-refractivity contribution in [1.29, 1.82) is 0 Å². The van der Waals surface area contributed by atoms with Gasteiger partial charge in [-0.3, -0.25) is 4.98 Å². The lowest BCUT2D eigenvalue weighted by Crippen LogP contribution is -2.13. The highest BCUT2D eigenvalue weighted by molar-refractivity contribution is 6.30. The van der Waals surface area contributed by atoms with Crippen LogP contribution in [0.1, 0.15) is 17.2 Å². The van der Waals surface area contributed by atoms with Gasteiger partial charge in [0.2, 0.25) is 0 Å². The molecule has 17 heavy (non-hydrogen) atoms. The molecule has 0 saturated carbocycles. The predicted octanol–water partition coefficient (Wildman–Crippen LogP) is 2.79. The predicted molar refractivity (Wildman–Crippen MR) is 68.3 cm³/mol. The van der Waals surface area contributed by atoms with Crippen LogP contribution in [0.2, 0.25) is 5.02 Å². The van der Waals surface area contributed by atoms with Crippen molar-refractivity contribution in [3.8, 4) is 5.75 Å². The Morgan fingerprint density at radius 2 is 2.18 bits per heavy atom. The van der Waals surface area contributed by atoms with Crippen LogP contribution in [-0.2, 0) is 0 Å². The molecule has 0 amide bonds. The first-order chi connectivity index (χ1) is 8.22. The quantitative estimate of drug-likeness (QED) is 0.909. The Morgan fingerprint density at radius 3 is 2.88 bits per heavy atom. The van der Waals surface area contributed by atoms with Gasteiger partial charge in [0.05, 0.1) is 19.3 Å². The molecule has 0 aliphatic heterocycles. The van der Waals surface area contributed by atoms with Crippen molar-refractivity contribution in [3.05, 3.63) is 58.9 Å². The minimum absolute atomic E-state index is 0.272. The van der Waals surface area contributed by atoms with E-state index >= 15 is 0 Å². The number of nitrogens with zero attached hydrogens (tertiary/aromatic N) is 1. The summed E-state index contributed by atoms with van der Waals surface area (Å²) in [6.07, 6.45) is 3.35. The molecule has 0 saturated heterocycles. The lowest BCUT2D eigenvalue weighted by atomic mass is 10.00. The van der Waals surface area contributed by atoms with Crippen molar-refractivity contribution in [2.75, 3.05) is 7.11 Å². The normalized spacial score (nSPS) is 12.2. The maximum Gasteiger partial charge on any atom is 0.142 e. The number of hydrogen-bond donors (Lipinski definition) is 1. The zero-order valence-corrected chi connectivity index (χ0v) is 10.2. The fourth-order valence-electron chi connectivity index (χ4n) is 1.70. The van der Waals surface area contributed by atoms with E-state index in [0.29, 0.717) is 10.8 Å². The molecular weight excluding hydrogens is 236 g/mol. The molecular formula is C13H13ClN2O. The number of nitrogens with two attached hydrogens (primary N) is 1. The van der Waals surface area contributed by atoms with Crippen molar-refractivity contribution in [3.63, 3.8) is 0 Å². The summed E-state index contributed by atoms with van der Waals surface area (Å²) in [6, 6.07) is 9.08. The highest BCUT2D eigenvalue weighted by Gasteiger charge is 2.13. The van der Waals surface area contributed by atoms with Crippen LogP contribution in [0.3, 0.4) is 0 Å². The monoisotopic (exact) mass is 248 g/mol. The van der Waals surface area contributed by atoms with Gasteiger partial charge in [-0.15, -0.1) is 0 Å². The van der Waals surface area contributed by atoms with Crippen LogP contribution in [0.15, 0.2) is 42.7 Å². The van der Waals surface area contributed by atoms with Gasteiger partial charge in [0.25, 0.3) is 0 Å². The van der Waals surface area contributed by atoms with Crippen molar-refractivity contribution in [2.45, 2.75) is 6.04 Å². The molecule has 88 valence electrons. The van der Waals surface area contributed by atoms with Crippen molar-refractivity contribution < 1.29 is 4.74 Å². The van der Waals surface area contributed by atoms with E-state index in [9.17, 15) is 0 Å². The average Bonchev–Trinajstić information content (AvgIpc) is 2.38. The minimum atomic E-state index is -0.272. The second kappa shape index (κ2) is 5.17. The van der Waals surface area contributed by atoms with Crippen molar-refractivity contribution in [2.24, 2.45) is 5.73 Å². The maximum absolute atomic E-state index is 6.20. The van der Waals surface area contributed by atoms with Crippen LogP contribution in [-0.4, -0.2) is 12.1 Å². The molecule has 4 heteroatoms. The molecule has 0 aliphatic carbocycles. The van der Waals surface area contributed by atoms with Crippen molar-refractivity contribution in [1.82, 2.24) is 4.98 Å². The fraction of sp³-hybridized carbons (Fsp3) is 0.154. The maximum atomic E-state index is 6.20. The van der Waals surface area contributed by atoms with E-state index < -0.39 is 0 Å². The van der Waals surface area contributed by atoms with Crippen LogP contribution in [0.5, 0.6) is 5.75 Å². The number of pyridine rings is 1. The summed E-state index contributed by atoms with van der Waals surface area (Å²) in [4.78, 5) is 4.00. The molecule has 1 unspecified atom stereocenters. The molecule has 1 atom stereocenters. The molecule has 0 aliphatic rings. The molecule has 0 spiro atoms. The van der Waals surface area contributed by atoms with E-state index in [1.54, 1.807) is 19.5 Å². The van der Waals surface area contributed by atoms with Gasteiger partial charge in [-0.25, -0.2) is 0 Å². The topological polar surface area (TPSA) is 48.1 Å². The lowest BCUT2D eigenvalue weighted by Gasteiger charge is -2.15. The van der Waals surface area contributed by atoms with E-state index in [2.05, 4.69) is 4.98 Å². The van der Waals surface area contributed by atoms with Crippen LogP contribution in [0.25, 0.3) is 0 Å². The molecule has 1 heterocycles. The molecule has 1 aromatic carbocycles. The van der Waals surface area contributed by atoms with Crippen LogP contribution in [0.4, 0.5) is 0 Å². The second-order valence-electron chi connectivity index (χ2n) is 3.65. The van der Waals surface area contributed by atoms with E-state index in [1.807, 2.05) is 30.3 Å². The number of methoxy groups -OCH3 is 1. The third kappa shape index (κ3) is 2.57. The number of halogens is 1. The lowest BCUT2D eigenvalue weighted by molar-refractivity contribution is 0.406. The number of benzene rings is 1. The highest BCUT2D eigenvalue weighted by Crippen LogP contribution is 2.28. The second-order valence-corrected chi connectivity index (χ2v) is 4.09. The van der Waals surface area contributed by atoms with Crippen LogP contribution in [0, 0.1) is 0 Å². The van der Waals surface area contributed by atoms with Gasteiger partial charge in [0.15, 0.2) is 0 Å². The summed E-state index contributed by atoms with van der Waals surface area (Å²) < 4.78 is 5.24. The summed E-state index contributed by atoms with van der Waals surface area (Å²) in [7, 11) is 1.60. The summed E-state index contributed by atoms with van der Waals surface area (Å²) in [5, 5.41) is 0.672. The smallest absolute Gasteiger partial charge is 0.142 e. The Hall–Kier alpha value is -1.58. The van der Waals surface area contributed by atoms with Gasteiger partial charge in [0, 0.05) is 16.8 Å². The van der Waals surface area contributed by atoms with Gasteiger partial charge in [-0.2, -0.15) is 0 Å². The summed E-state index contributed by atoms with van der Waals surface area (Å²) in [6.45, 7) is 0. The zero-order chi connectivity index (χ0) is 12.3. The van der Waals surface area contributed by atoms with Gasteiger partial charge in [-0.1, -0.05) is 23.7 Å². The number of aromatic nitrogens is 1. The Bertz CT molecular complexity index is 516. The number of rotatable bonds is 3. The van der Waals surface area contributed by atoms with E-state index in [-0.39, 0.29) is 6.04 Å². The number of ether oxygens (including phenoxy) is 1. The first kappa shape index (κ1) is 11.9. The van der Waals surface area contributed by atoms with Gasteiger partial charge < -0.3 is 10.5 Å². The van der Waals surface area contributed by atoms with E-state index in [1.165, 1.54) is 0 Å². The molecule has 0 radical (unpaired) electrons. The van der Waals surface area contributed by atoms with Crippen molar-refractivity contribution >= 4 is 11.6 Å². The fourth-order valence-corrected chi connectivity index (χ4v) is 1.90. The first-order valence-electron chi connectivity index (χ1n) is 5.21. The summed E-state index contributed by atoms with van der Waals surface area (Å²) in [5.41, 5.74) is 8.03. The largest absolute Gasteiger partial charge is 0.495 e. The summed E-state index contributed by atoms with van der Waals surface area (Å²) in [5.74, 6) is 0.681. The highest BCUT2D eigenvalue weighted by atomic mass is 35.5. The molecule has 1 aromatic heterocycles. The molecule has 2 N–H and O–H groups in total. The standard InChI is InChI=1S/C13H13ClN2O/c1-17-12-8-16-6-5-11(12)13(15)9-3-2-4-10(14)7-9/h2-8,13H,15H2,1H3. The van der Waals surface area contributed by atoms with Gasteiger partial charge in [-0.05, 0) is 23.8 Å². The molecule has 3 nitrogen and oxygen atoms in total. The molecule has 0 fully saturated rings. The molecule has 0 bridgehead atoms. The Morgan fingerprint density at radius 1 is 1.35 bits per heavy atom. The first-order valence-corrected chi connectivity index (χ1v) is 5.59. The van der Waals surface area contributed by atoms with E-state index in [4.69, 9.17) is 22.1 Å².